The standard InChI is InChI=1S/C24H28FN3O3/c1-2-31-21-6-4-3-5-20(21)26-23(30)27-15-13-24(14-16-27)12-11-22(29)28(24)17-18-7-9-19(25)10-8-18/h3-10H,2,11-17H2,1H3,(H,26,30). The molecule has 2 aromatic carbocycles. The van der Waals surface area contributed by atoms with E-state index >= 15 is 0 Å². The van der Waals surface area contributed by atoms with E-state index in [0.29, 0.717) is 44.1 Å². The zero-order valence-electron chi connectivity index (χ0n) is 17.8. The Morgan fingerprint density at radius 2 is 1.81 bits per heavy atom. The second-order valence-corrected chi connectivity index (χ2v) is 8.18. The van der Waals surface area contributed by atoms with Gasteiger partial charge in [-0.05, 0) is 56.0 Å². The molecule has 0 unspecified atom stereocenters. The van der Waals surface area contributed by atoms with Crippen LogP contribution in [0, 0.1) is 5.82 Å². The Hall–Kier alpha value is -3.09. The van der Waals surface area contributed by atoms with Gasteiger partial charge in [-0.1, -0.05) is 24.3 Å². The normalized spacial score (nSPS) is 17.8. The van der Waals surface area contributed by atoms with Gasteiger partial charge in [0, 0.05) is 31.6 Å². The number of carbonyl (C=O) groups is 2. The third-order valence-corrected chi connectivity index (χ3v) is 6.34. The van der Waals surface area contributed by atoms with Gasteiger partial charge in [-0.15, -0.1) is 0 Å². The number of hydrogen-bond donors (Lipinski definition) is 1. The molecule has 2 heterocycles. The number of hydrogen-bond acceptors (Lipinski definition) is 3. The van der Waals surface area contributed by atoms with Crippen LogP contribution in [0.5, 0.6) is 5.75 Å². The van der Waals surface area contributed by atoms with Crippen LogP contribution in [0.1, 0.15) is 38.2 Å². The largest absolute Gasteiger partial charge is 0.492 e. The van der Waals surface area contributed by atoms with Crippen molar-refractivity contribution in [3.05, 3.63) is 59.9 Å². The minimum absolute atomic E-state index is 0.132. The van der Waals surface area contributed by atoms with Crippen LogP contribution in [-0.4, -0.2) is 47.0 Å². The first-order chi connectivity index (χ1) is 15.0. The lowest BCUT2D eigenvalue weighted by atomic mass is 9.85. The van der Waals surface area contributed by atoms with Crippen LogP contribution in [0.15, 0.2) is 48.5 Å². The third-order valence-electron chi connectivity index (χ3n) is 6.34. The SMILES string of the molecule is CCOc1ccccc1NC(=O)N1CCC2(CCC(=O)N2Cc2ccc(F)cc2)CC1. The van der Waals surface area contributed by atoms with Gasteiger partial charge in [0.25, 0.3) is 0 Å². The fourth-order valence-corrected chi connectivity index (χ4v) is 4.59. The Morgan fingerprint density at radius 3 is 2.52 bits per heavy atom. The molecule has 164 valence electrons. The molecule has 2 aliphatic heterocycles. The highest BCUT2D eigenvalue weighted by atomic mass is 19.1. The van der Waals surface area contributed by atoms with Gasteiger partial charge in [-0.25, -0.2) is 9.18 Å². The fourth-order valence-electron chi connectivity index (χ4n) is 4.59. The number of carbonyl (C=O) groups excluding carboxylic acids is 2. The fraction of sp³-hybridized carbons (Fsp3) is 0.417. The molecule has 2 aromatic rings. The van der Waals surface area contributed by atoms with Crippen molar-refractivity contribution in [1.29, 1.82) is 0 Å². The Balaban J connectivity index is 1.40. The quantitative estimate of drug-likeness (QED) is 0.772. The number of nitrogens with one attached hydrogen (secondary N) is 1. The topological polar surface area (TPSA) is 61.9 Å². The van der Waals surface area contributed by atoms with E-state index < -0.39 is 0 Å². The maximum absolute atomic E-state index is 13.2. The number of halogens is 1. The summed E-state index contributed by atoms with van der Waals surface area (Å²) in [5.74, 6) is 0.503. The second-order valence-electron chi connectivity index (χ2n) is 8.18. The highest BCUT2D eigenvalue weighted by molar-refractivity contribution is 5.91. The molecule has 1 N–H and O–H groups in total. The number of ether oxygens (including phenoxy) is 1. The predicted octanol–water partition coefficient (Wildman–Crippen LogP) is 4.41. The summed E-state index contributed by atoms with van der Waals surface area (Å²) in [6, 6.07) is 13.6. The van der Waals surface area contributed by atoms with Crippen LogP contribution in [-0.2, 0) is 11.3 Å². The molecule has 2 fully saturated rings. The Labute approximate surface area is 182 Å². The van der Waals surface area contributed by atoms with E-state index in [9.17, 15) is 14.0 Å². The van der Waals surface area contributed by atoms with Gasteiger partial charge < -0.3 is 19.9 Å². The smallest absolute Gasteiger partial charge is 0.321 e. The molecular formula is C24H28FN3O3. The van der Waals surface area contributed by atoms with Crippen molar-refractivity contribution in [1.82, 2.24) is 9.80 Å². The Kier molecular flexibility index (Phi) is 6.11. The third kappa shape index (κ3) is 4.50. The predicted molar refractivity (Wildman–Crippen MR) is 116 cm³/mol. The number of urea groups is 1. The van der Waals surface area contributed by atoms with Crippen molar-refractivity contribution < 1.29 is 18.7 Å². The number of likely N-dealkylation sites (tertiary alicyclic amines) is 2. The van der Waals surface area contributed by atoms with Gasteiger partial charge in [0.1, 0.15) is 11.6 Å². The van der Waals surface area contributed by atoms with E-state index in [0.717, 1.165) is 24.8 Å². The number of benzene rings is 2. The number of rotatable bonds is 5. The Bertz CT molecular complexity index is 939. The van der Waals surface area contributed by atoms with Gasteiger partial charge in [-0.2, -0.15) is 0 Å². The summed E-state index contributed by atoms with van der Waals surface area (Å²) in [6.07, 6.45) is 2.80. The van der Waals surface area contributed by atoms with Crippen molar-refractivity contribution in [3.63, 3.8) is 0 Å². The summed E-state index contributed by atoms with van der Waals surface area (Å²) in [5.41, 5.74) is 1.35. The van der Waals surface area contributed by atoms with Crippen molar-refractivity contribution in [2.45, 2.75) is 44.7 Å². The van der Waals surface area contributed by atoms with Crippen molar-refractivity contribution in [2.75, 3.05) is 25.0 Å². The number of amides is 3. The van der Waals surface area contributed by atoms with E-state index in [1.165, 1.54) is 12.1 Å². The van der Waals surface area contributed by atoms with E-state index in [4.69, 9.17) is 4.74 Å². The van der Waals surface area contributed by atoms with Gasteiger partial charge in [0.05, 0.1) is 12.3 Å². The molecule has 3 amide bonds. The van der Waals surface area contributed by atoms with Gasteiger partial charge >= 0.3 is 6.03 Å². The van der Waals surface area contributed by atoms with Crippen LogP contribution >= 0.6 is 0 Å². The molecule has 0 atom stereocenters. The highest BCUT2D eigenvalue weighted by Crippen LogP contribution is 2.40. The molecule has 0 aliphatic carbocycles. The number of anilines is 1. The molecule has 2 aliphatic rings. The molecule has 6 nitrogen and oxygen atoms in total. The minimum atomic E-state index is -0.281. The molecule has 2 saturated heterocycles. The van der Waals surface area contributed by atoms with Gasteiger partial charge in [0.15, 0.2) is 0 Å². The highest BCUT2D eigenvalue weighted by Gasteiger charge is 2.47. The molecule has 4 rings (SSSR count). The van der Waals surface area contributed by atoms with Gasteiger partial charge in [-0.3, -0.25) is 4.79 Å². The lowest BCUT2D eigenvalue weighted by molar-refractivity contribution is -0.133. The lowest BCUT2D eigenvalue weighted by Crippen LogP contribution is -2.54. The molecule has 31 heavy (non-hydrogen) atoms. The molecule has 0 radical (unpaired) electrons. The van der Waals surface area contributed by atoms with E-state index in [1.54, 1.807) is 17.0 Å². The zero-order valence-corrected chi connectivity index (χ0v) is 17.8. The van der Waals surface area contributed by atoms with Crippen LogP contribution in [0.2, 0.25) is 0 Å². The summed E-state index contributed by atoms with van der Waals surface area (Å²) in [6.45, 7) is 4.07. The molecule has 0 bridgehead atoms. The van der Waals surface area contributed by atoms with E-state index in [2.05, 4.69) is 5.32 Å². The lowest BCUT2D eigenvalue weighted by Gasteiger charge is -2.45. The minimum Gasteiger partial charge on any atom is -0.492 e. The molecular weight excluding hydrogens is 397 g/mol. The second kappa shape index (κ2) is 8.96. The first-order valence-electron chi connectivity index (χ1n) is 10.8. The maximum Gasteiger partial charge on any atom is 0.321 e. The number of piperidine rings is 1. The molecule has 0 saturated carbocycles. The maximum atomic E-state index is 13.2. The summed E-state index contributed by atoms with van der Waals surface area (Å²) >= 11 is 0. The summed E-state index contributed by atoms with van der Waals surface area (Å²) in [5, 5.41) is 2.96. The summed E-state index contributed by atoms with van der Waals surface area (Å²) in [7, 11) is 0. The van der Waals surface area contributed by atoms with Crippen LogP contribution < -0.4 is 10.1 Å². The molecule has 0 aromatic heterocycles. The number of nitrogens with zero attached hydrogens (tertiary/aromatic N) is 2. The van der Waals surface area contributed by atoms with Gasteiger partial charge in [0.2, 0.25) is 5.91 Å². The van der Waals surface area contributed by atoms with E-state index in [-0.39, 0.29) is 23.3 Å². The molecule has 7 heteroatoms. The van der Waals surface area contributed by atoms with Crippen molar-refractivity contribution in [2.24, 2.45) is 0 Å². The van der Waals surface area contributed by atoms with Crippen LogP contribution in [0.4, 0.5) is 14.9 Å². The van der Waals surface area contributed by atoms with Crippen LogP contribution in [0.3, 0.4) is 0 Å². The first-order valence-corrected chi connectivity index (χ1v) is 10.8. The Morgan fingerprint density at radius 1 is 1.10 bits per heavy atom. The average Bonchev–Trinajstić information content (AvgIpc) is 3.07. The average molecular weight is 426 g/mol. The van der Waals surface area contributed by atoms with Crippen molar-refractivity contribution in [3.8, 4) is 5.75 Å². The first kappa shape index (κ1) is 21.2. The zero-order chi connectivity index (χ0) is 21.8. The van der Waals surface area contributed by atoms with Crippen LogP contribution in [0.25, 0.3) is 0 Å². The number of para-hydroxylation sites is 2. The summed E-state index contributed by atoms with van der Waals surface area (Å²) < 4.78 is 18.8. The van der Waals surface area contributed by atoms with Crippen molar-refractivity contribution >= 4 is 17.6 Å². The summed E-state index contributed by atoms with van der Waals surface area (Å²) in [4.78, 5) is 29.2. The van der Waals surface area contributed by atoms with E-state index in [1.807, 2.05) is 36.1 Å². The molecule has 1 spiro atoms. The monoisotopic (exact) mass is 425 g/mol.